The fourth-order valence-corrected chi connectivity index (χ4v) is 1.82. The molecule has 0 aliphatic rings. The summed E-state index contributed by atoms with van der Waals surface area (Å²) in [5.41, 5.74) is 1.68. The number of carbonyl (C=O) groups is 2. The molecule has 0 aromatic heterocycles. The molecule has 0 aliphatic carbocycles. The molecule has 1 amide bonds. The van der Waals surface area contributed by atoms with E-state index in [0.29, 0.717) is 10.8 Å². The minimum Gasteiger partial charge on any atom is -0.484 e. The summed E-state index contributed by atoms with van der Waals surface area (Å²) < 4.78 is 10.1. The van der Waals surface area contributed by atoms with Crippen LogP contribution in [0, 0.1) is 13.8 Å². The lowest BCUT2D eigenvalue weighted by Gasteiger charge is -2.14. The van der Waals surface area contributed by atoms with Gasteiger partial charge in [0.05, 0.1) is 6.61 Å². The van der Waals surface area contributed by atoms with Crippen LogP contribution in [0.5, 0.6) is 5.75 Å². The number of nitrogens with one attached hydrogen (secondary N) is 1. The number of amides is 1. The van der Waals surface area contributed by atoms with E-state index < -0.39 is 17.9 Å². The first-order valence-electron chi connectivity index (χ1n) is 6.25. The summed E-state index contributed by atoms with van der Waals surface area (Å²) in [4.78, 5) is 22.5. The topological polar surface area (TPSA) is 84.9 Å². The number of rotatable bonds is 7. The van der Waals surface area contributed by atoms with E-state index in [-0.39, 0.29) is 13.2 Å². The van der Waals surface area contributed by atoms with Gasteiger partial charge in [-0.05, 0) is 37.1 Å². The third-order valence-electron chi connectivity index (χ3n) is 2.75. The van der Waals surface area contributed by atoms with Crippen LogP contribution in [0.25, 0.3) is 0 Å². The van der Waals surface area contributed by atoms with Crippen molar-refractivity contribution in [2.24, 2.45) is 0 Å². The SMILES string of the molecule is COCC(NC(=O)COc1cc(C)c(Cl)c(C)c1)C(=O)O. The van der Waals surface area contributed by atoms with Gasteiger partial charge in [0.1, 0.15) is 5.75 Å². The zero-order valence-electron chi connectivity index (χ0n) is 12.1. The smallest absolute Gasteiger partial charge is 0.328 e. The average molecular weight is 316 g/mol. The van der Waals surface area contributed by atoms with E-state index in [1.165, 1.54) is 7.11 Å². The highest BCUT2D eigenvalue weighted by atomic mass is 35.5. The van der Waals surface area contributed by atoms with Crippen molar-refractivity contribution in [1.29, 1.82) is 0 Å². The summed E-state index contributed by atoms with van der Waals surface area (Å²) in [7, 11) is 1.36. The molecule has 6 nitrogen and oxygen atoms in total. The van der Waals surface area contributed by atoms with Crippen molar-refractivity contribution in [2.45, 2.75) is 19.9 Å². The molecule has 2 N–H and O–H groups in total. The maximum atomic E-state index is 11.7. The number of methoxy groups -OCH3 is 1. The Morgan fingerprint density at radius 1 is 1.33 bits per heavy atom. The van der Waals surface area contributed by atoms with Crippen LogP contribution in [0.1, 0.15) is 11.1 Å². The van der Waals surface area contributed by atoms with Crippen molar-refractivity contribution in [2.75, 3.05) is 20.3 Å². The first kappa shape index (κ1) is 17.3. The van der Waals surface area contributed by atoms with Crippen LogP contribution in [0.3, 0.4) is 0 Å². The van der Waals surface area contributed by atoms with E-state index in [2.05, 4.69) is 5.32 Å². The minimum absolute atomic E-state index is 0.111. The van der Waals surface area contributed by atoms with E-state index in [0.717, 1.165) is 11.1 Å². The minimum atomic E-state index is -1.16. The number of hydrogen-bond acceptors (Lipinski definition) is 4. The van der Waals surface area contributed by atoms with Crippen molar-refractivity contribution in [3.8, 4) is 5.75 Å². The molecular weight excluding hydrogens is 298 g/mol. The van der Waals surface area contributed by atoms with Gasteiger partial charge >= 0.3 is 5.97 Å². The van der Waals surface area contributed by atoms with Crippen molar-refractivity contribution < 1.29 is 24.2 Å². The predicted octanol–water partition coefficient (Wildman–Crippen LogP) is 1.55. The van der Waals surface area contributed by atoms with E-state index in [4.69, 9.17) is 26.2 Å². The second-order valence-corrected chi connectivity index (χ2v) is 4.95. The number of aliphatic carboxylic acids is 1. The Kier molecular flexibility index (Phi) is 6.45. The van der Waals surface area contributed by atoms with Crippen molar-refractivity contribution in [1.82, 2.24) is 5.32 Å². The third-order valence-corrected chi connectivity index (χ3v) is 3.34. The molecule has 1 aromatic rings. The maximum Gasteiger partial charge on any atom is 0.328 e. The molecular formula is C14H18ClNO5. The number of aryl methyl sites for hydroxylation is 2. The Labute approximate surface area is 128 Å². The molecule has 1 rings (SSSR count). The summed E-state index contributed by atoms with van der Waals surface area (Å²) in [5.74, 6) is -1.20. The Hall–Kier alpha value is -1.79. The standard InChI is InChI=1S/C14H18ClNO5/c1-8-4-10(5-9(2)13(8)15)21-7-12(17)16-11(6-20-3)14(18)19/h4-5,11H,6-7H2,1-3H3,(H,16,17)(H,18,19). The fraction of sp³-hybridized carbons (Fsp3) is 0.429. The highest BCUT2D eigenvalue weighted by Crippen LogP contribution is 2.25. The van der Waals surface area contributed by atoms with Crippen LogP contribution >= 0.6 is 11.6 Å². The van der Waals surface area contributed by atoms with Gasteiger partial charge in [-0.1, -0.05) is 11.6 Å². The third kappa shape index (κ3) is 5.24. The van der Waals surface area contributed by atoms with Crippen LogP contribution in [0.2, 0.25) is 5.02 Å². The molecule has 0 fully saturated rings. The summed E-state index contributed by atoms with van der Waals surface area (Å²) in [6, 6.07) is 2.33. The Balaban J connectivity index is 2.58. The highest BCUT2D eigenvalue weighted by Gasteiger charge is 2.19. The van der Waals surface area contributed by atoms with Gasteiger partial charge in [0, 0.05) is 12.1 Å². The summed E-state index contributed by atoms with van der Waals surface area (Å²) in [6.45, 7) is 3.27. The normalized spacial score (nSPS) is 11.8. The fourth-order valence-electron chi connectivity index (χ4n) is 1.72. The summed E-state index contributed by atoms with van der Waals surface area (Å²) >= 11 is 6.04. The molecule has 116 valence electrons. The lowest BCUT2D eigenvalue weighted by atomic mass is 10.1. The average Bonchev–Trinajstić information content (AvgIpc) is 2.41. The van der Waals surface area contributed by atoms with Crippen LogP contribution < -0.4 is 10.1 Å². The number of halogens is 1. The van der Waals surface area contributed by atoms with E-state index in [1.807, 2.05) is 13.8 Å². The van der Waals surface area contributed by atoms with Crippen LogP contribution in [-0.4, -0.2) is 43.3 Å². The monoisotopic (exact) mass is 315 g/mol. The number of carboxylic acids is 1. The molecule has 7 heteroatoms. The maximum absolute atomic E-state index is 11.7. The van der Waals surface area contributed by atoms with Gasteiger partial charge in [-0.15, -0.1) is 0 Å². The molecule has 1 atom stereocenters. The molecule has 1 unspecified atom stereocenters. The van der Waals surface area contributed by atoms with Gasteiger partial charge in [-0.25, -0.2) is 4.79 Å². The molecule has 0 heterocycles. The molecule has 0 bridgehead atoms. The molecule has 0 saturated heterocycles. The lowest BCUT2D eigenvalue weighted by Crippen LogP contribution is -2.45. The van der Waals surface area contributed by atoms with Gasteiger partial charge in [0.15, 0.2) is 12.6 Å². The lowest BCUT2D eigenvalue weighted by molar-refractivity contribution is -0.143. The van der Waals surface area contributed by atoms with Crippen molar-refractivity contribution in [3.63, 3.8) is 0 Å². The Morgan fingerprint density at radius 3 is 2.38 bits per heavy atom. The van der Waals surface area contributed by atoms with Gasteiger partial charge in [-0.3, -0.25) is 4.79 Å². The zero-order chi connectivity index (χ0) is 16.0. The summed E-state index contributed by atoms with van der Waals surface area (Å²) in [5, 5.41) is 11.9. The zero-order valence-corrected chi connectivity index (χ0v) is 12.9. The highest BCUT2D eigenvalue weighted by molar-refractivity contribution is 6.32. The Morgan fingerprint density at radius 2 is 1.90 bits per heavy atom. The van der Waals surface area contributed by atoms with Crippen molar-refractivity contribution in [3.05, 3.63) is 28.3 Å². The van der Waals surface area contributed by atoms with Crippen molar-refractivity contribution >= 4 is 23.5 Å². The first-order valence-corrected chi connectivity index (χ1v) is 6.63. The van der Waals surface area contributed by atoms with E-state index in [1.54, 1.807) is 12.1 Å². The molecule has 0 radical (unpaired) electrons. The number of ether oxygens (including phenoxy) is 2. The molecule has 0 spiro atoms. The van der Waals surface area contributed by atoms with E-state index >= 15 is 0 Å². The van der Waals surface area contributed by atoms with Crippen LogP contribution in [0.4, 0.5) is 0 Å². The van der Waals surface area contributed by atoms with Gasteiger partial charge in [0.2, 0.25) is 0 Å². The summed E-state index contributed by atoms with van der Waals surface area (Å²) in [6.07, 6.45) is 0. The van der Waals surface area contributed by atoms with Crippen LogP contribution in [0.15, 0.2) is 12.1 Å². The largest absolute Gasteiger partial charge is 0.484 e. The quantitative estimate of drug-likeness (QED) is 0.797. The van der Waals surface area contributed by atoms with Gasteiger partial charge in [-0.2, -0.15) is 0 Å². The van der Waals surface area contributed by atoms with Gasteiger partial charge in [0.25, 0.3) is 5.91 Å². The number of carbonyl (C=O) groups excluding carboxylic acids is 1. The number of carboxylic acid groups (broad SMARTS) is 1. The molecule has 21 heavy (non-hydrogen) atoms. The van der Waals surface area contributed by atoms with Crippen LogP contribution in [-0.2, 0) is 14.3 Å². The predicted molar refractivity (Wildman–Crippen MR) is 77.9 cm³/mol. The molecule has 0 saturated carbocycles. The van der Waals surface area contributed by atoms with E-state index in [9.17, 15) is 9.59 Å². The first-order chi connectivity index (χ1) is 9.85. The molecule has 0 aliphatic heterocycles. The molecule has 1 aromatic carbocycles. The second-order valence-electron chi connectivity index (χ2n) is 4.57. The number of benzene rings is 1. The second kappa shape index (κ2) is 7.85. The van der Waals surface area contributed by atoms with Gasteiger partial charge < -0.3 is 19.9 Å². The Bertz CT molecular complexity index is 509. The number of hydrogen-bond donors (Lipinski definition) is 2.